The van der Waals surface area contributed by atoms with Gasteiger partial charge in [-0.2, -0.15) is 13.2 Å². The van der Waals surface area contributed by atoms with E-state index in [2.05, 4.69) is 10.1 Å². The molecule has 0 unspecified atom stereocenters. The molecule has 5 rings (SSSR count). The topological polar surface area (TPSA) is 57.0 Å². The van der Waals surface area contributed by atoms with Crippen molar-refractivity contribution in [2.75, 3.05) is 0 Å². The number of hydrogen-bond acceptors (Lipinski definition) is 4. The Morgan fingerprint density at radius 2 is 1.76 bits per heavy atom. The van der Waals surface area contributed by atoms with Gasteiger partial charge in [-0.3, -0.25) is 9.78 Å². The molecule has 1 aromatic carbocycles. The van der Waals surface area contributed by atoms with E-state index >= 15 is 0 Å². The smallest absolute Gasteiger partial charge is 0.418 e. The molecule has 2 aromatic heterocycles. The average molecular weight is 518 g/mol. The van der Waals surface area contributed by atoms with Gasteiger partial charge >= 0.3 is 6.18 Å². The summed E-state index contributed by atoms with van der Waals surface area (Å²) >= 11 is 0. The number of rotatable bonds is 5. The molecule has 2 aliphatic carbocycles. The molecule has 0 radical (unpaired) electrons. The normalized spacial score (nSPS) is 16.5. The van der Waals surface area contributed by atoms with Crippen molar-refractivity contribution in [3.8, 4) is 5.88 Å². The molecule has 198 valence electrons. The van der Waals surface area contributed by atoms with E-state index in [-0.39, 0.29) is 35.6 Å². The molecule has 2 aliphatic rings. The number of nitrogens with zero attached hydrogens (tertiary/aromatic N) is 3. The van der Waals surface area contributed by atoms with E-state index in [4.69, 9.17) is 4.74 Å². The first-order valence-electron chi connectivity index (χ1n) is 12.7. The minimum Gasteiger partial charge on any atom is -0.473 e. The Morgan fingerprint density at radius 3 is 2.35 bits per heavy atom. The maximum absolute atomic E-state index is 13.4. The summed E-state index contributed by atoms with van der Waals surface area (Å²) < 4.78 is 59.2. The monoisotopic (exact) mass is 517 g/mol. The second kappa shape index (κ2) is 11.9. The Labute approximate surface area is 213 Å². The first-order chi connectivity index (χ1) is 17.7. The predicted molar refractivity (Wildman–Crippen MR) is 132 cm³/mol. The maximum Gasteiger partial charge on any atom is 0.418 e. The minimum absolute atomic E-state index is 0.0632. The third kappa shape index (κ3) is 7.17. The molecule has 3 aromatic rings. The number of benzene rings is 1. The molecule has 2 saturated carbocycles. The van der Waals surface area contributed by atoms with Crippen molar-refractivity contribution in [2.24, 2.45) is 0 Å². The Balaban J connectivity index is 0.000000342. The lowest BCUT2D eigenvalue weighted by molar-refractivity contribution is -0.138. The highest BCUT2D eigenvalue weighted by Crippen LogP contribution is 2.34. The molecular weight excluding hydrogens is 486 g/mol. The fourth-order valence-electron chi connectivity index (χ4n) is 4.64. The van der Waals surface area contributed by atoms with Crippen molar-refractivity contribution in [1.29, 1.82) is 0 Å². The van der Waals surface area contributed by atoms with Gasteiger partial charge in [0.1, 0.15) is 11.9 Å². The van der Waals surface area contributed by atoms with E-state index in [1.807, 2.05) is 13.0 Å². The van der Waals surface area contributed by atoms with Crippen molar-refractivity contribution < 1.29 is 22.3 Å². The molecule has 9 heteroatoms. The molecule has 0 bridgehead atoms. The van der Waals surface area contributed by atoms with Crippen LogP contribution in [0, 0.1) is 12.7 Å². The van der Waals surface area contributed by atoms with Gasteiger partial charge in [-0.05, 0) is 74.8 Å². The Kier molecular flexibility index (Phi) is 8.61. The summed E-state index contributed by atoms with van der Waals surface area (Å²) in [6.45, 7) is 1.53. The maximum atomic E-state index is 13.4. The van der Waals surface area contributed by atoms with Crippen LogP contribution in [-0.2, 0) is 12.7 Å². The second-order valence-corrected chi connectivity index (χ2v) is 9.70. The van der Waals surface area contributed by atoms with Gasteiger partial charge in [0.05, 0.1) is 17.8 Å². The van der Waals surface area contributed by atoms with Gasteiger partial charge in [-0.1, -0.05) is 31.4 Å². The minimum atomic E-state index is -4.54. The summed E-state index contributed by atoms with van der Waals surface area (Å²) in [5.41, 5.74) is 0.142. The van der Waals surface area contributed by atoms with Crippen LogP contribution < -0.4 is 10.3 Å². The summed E-state index contributed by atoms with van der Waals surface area (Å²) in [5.74, 6) is 0.254. The molecule has 0 saturated heterocycles. The van der Waals surface area contributed by atoms with Crippen molar-refractivity contribution in [2.45, 2.75) is 83.0 Å². The summed E-state index contributed by atoms with van der Waals surface area (Å²) in [5, 5.41) is 4.24. The van der Waals surface area contributed by atoms with E-state index in [9.17, 15) is 22.4 Å². The SMILES string of the molecule is Cc1cccc(F)c1.O=c1c(C2CCCCC2)cc(OC2CCC2)nn1Cc1ncccc1C(F)(F)F. The van der Waals surface area contributed by atoms with Crippen molar-refractivity contribution >= 4 is 0 Å². The lowest BCUT2D eigenvalue weighted by Crippen LogP contribution is -2.32. The highest BCUT2D eigenvalue weighted by Gasteiger charge is 2.34. The number of pyridine rings is 1. The number of ether oxygens (including phenoxy) is 1. The molecule has 0 amide bonds. The van der Waals surface area contributed by atoms with Crippen LogP contribution in [0.5, 0.6) is 5.88 Å². The summed E-state index contributed by atoms with van der Waals surface area (Å²) in [6.07, 6.45) is 4.80. The van der Waals surface area contributed by atoms with Crippen LogP contribution in [-0.4, -0.2) is 20.9 Å². The molecule has 2 heterocycles. The fourth-order valence-corrected chi connectivity index (χ4v) is 4.64. The van der Waals surface area contributed by atoms with Crippen molar-refractivity contribution in [3.05, 3.63) is 87.2 Å². The molecule has 0 aliphatic heterocycles. The summed E-state index contributed by atoms with van der Waals surface area (Å²) in [7, 11) is 0. The zero-order valence-corrected chi connectivity index (χ0v) is 20.8. The molecule has 0 spiro atoms. The van der Waals surface area contributed by atoms with Crippen molar-refractivity contribution in [3.63, 3.8) is 0 Å². The second-order valence-electron chi connectivity index (χ2n) is 9.70. The lowest BCUT2D eigenvalue weighted by Gasteiger charge is -2.27. The van der Waals surface area contributed by atoms with E-state index in [1.165, 1.54) is 24.4 Å². The average Bonchev–Trinajstić information content (AvgIpc) is 2.84. The van der Waals surface area contributed by atoms with Crippen LogP contribution in [0.15, 0.2) is 53.5 Å². The number of aryl methyl sites for hydroxylation is 1. The molecule has 0 N–H and O–H groups in total. The summed E-state index contributed by atoms with van der Waals surface area (Å²) in [4.78, 5) is 17.0. The van der Waals surface area contributed by atoms with Crippen molar-refractivity contribution in [1.82, 2.24) is 14.8 Å². The quantitative estimate of drug-likeness (QED) is 0.349. The molecule has 0 atom stereocenters. The molecule has 2 fully saturated rings. The van der Waals surface area contributed by atoms with Crippen LogP contribution >= 0.6 is 0 Å². The number of aromatic nitrogens is 3. The first-order valence-corrected chi connectivity index (χ1v) is 12.7. The van der Waals surface area contributed by atoms with E-state index in [1.54, 1.807) is 12.1 Å². The van der Waals surface area contributed by atoms with E-state index < -0.39 is 11.7 Å². The zero-order valence-electron chi connectivity index (χ0n) is 20.8. The fraction of sp³-hybridized carbons (Fsp3) is 0.464. The Bertz CT molecular complexity index is 1230. The number of halogens is 4. The van der Waals surface area contributed by atoms with Crippen LogP contribution in [0.2, 0.25) is 0 Å². The summed E-state index contributed by atoms with van der Waals surface area (Å²) in [6, 6.07) is 10.4. The first kappa shape index (κ1) is 26.8. The van der Waals surface area contributed by atoms with Crippen LogP contribution in [0.3, 0.4) is 0 Å². The molecular formula is C28H31F4N3O2. The van der Waals surface area contributed by atoms with Crippen LogP contribution in [0.25, 0.3) is 0 Å². The van der Waals surface area contributed by atoms with E-state index in [0.717, 1.165) is 67.7 Å². The van der Waals surface area contributed by atoms with Crippen LogP contribution in [0.1, 0.15) is 79.7 Å². The predicted octanol–water partition coefficient (Wildman–Crippen LogP) is 6.82. The number of hydrogen-bond donors (Lipinski definition) is 0. The van der Waals surface area contributed by atoms with Crippen LogP contribution in [0.4, 0.5) is 17.6 Å². The Hall–Kier alpha value is -3.23. The van der Waals surface area contributed by atoms with Gasteiger partial charge < -0.3 is 4.74 Å². The third-order valence-corrected chi connectivity index (χ3v) is 6.84. The molecule has 5 nitrogen and oxygen atoms in total. The van der Waals surface area contributed by atoms with Gasteiger partial charge in [-0.15, -0.1) is 5.10 Å². The van der Waals surface area contributed by atoms with Gasteiger partial charge in [-0.25, -0.2) is 9.07 Å². The van der Waals surface area contributed by atoms with Gasteiger partial charge in [0.15, 0.2) is 0 Å². The third-order valence-electron chi connectivity index (χ3n) is 6.84. The lowest BCUT2D eigenvalue weighted by atomic mass is 9.85. The van der Waals surface area contributed by atoms with Gasteiger partial charge in [0.25, 0.3) is 5.56 Å². The van der Waals surface area contributed by atoms with Gasteiger partial charge in [0, 0.05) is 17.8 Å². The largest absolute Gasteiger partial charge is 0.473 e. The highest BCUT2D eigenvalue weighted by molar-refractivity contribution is 5.26. The van der Waals surface area contributed by atoms with Gasteiger partial charge in [0.2, 0.25) is 5.88 Å². The zero-order chi connectivity index (χ0) is 26.4. The Morgan fingerprint density at radius 1 is 1.00 bits per heavy atom. The molecule has 37 heavy (non-hydrogen) atoms. The standard InChI is InChI=1S/C21H24F3N3O2.C7H7F/c22-21(23,24)17-10-5-11-25-18(17)13-27-20(28)16(14-6-2-1-3-7-14)12-19(26-27)29-15-8-4-9-15;1-6-3-2-4-7(8)5-6/h5,10-12,14-15H,1-4,6-9,13H2;2-5H,1H3. The van der Waals surface area contributed by atoms with E-state index in [0.29, 0.717) is 11.4 Å². The number of alkyl halides is 3. The highest BCUT2D eigenvalue weighted by atomic mass is 19.4.